The Balaban J connectivity index is 2.36. The second kappa shape index (κ2) is 6.90. The second-order valence-corrected chi connectivity index (χ2v) is 7.88. The fourth-order valence-electron chi connectivity index (χ4n) is 3.28. The first-order valence-electron chi connectivity index (χ1n) is 8.64. The number of nitrogens with zero attached hydrogens (tertiary/aromatic N) is 2. The van der Waals surface area contributed by atoms with E-state index >= 15 is 0 Å². The Labute approximate surface area is 140 Å². The number of pyridine rings is 1. The van der Waals surface area contributed by atoms with Crippen molar-refractivity contribution >= 4 is 11.9 Å². The first-order chi connectivity index (χ1) is 10.7. The van der Waals surface area contributed by atoms with Crippen LogP contribution in [0.5, 0.6) is 0 Å². The fraction of sp³-hybridized carbons (Fsp3) is 0.684. The molecule has 1 saturated carbocycles. The zero-order chi connectivity index (χ0) is 17.2. The first kappa shape index (κ1) is 17.8. The Morgan fingerprint density at radius 1 is 1.30 bits per heavy atom. The maximum absolute atomic E-state index is 12.9. The van der Waals surface area contributed by atoms with Crippen LogP contribution >= 0.6 is 0 Å². The van der Waals surface area contributed by atoms with Gasteiger partial charge in [0.15, 0.2) is 0 Å². The Hall–Kier alpha value is -1.58. The standard InChI is InChI=1S/C19H30N2O2/c1-13-10-11-20-17(12-13)21(18(22)23-19(4,5)6)16-9-7-8-14(2)15(16)3/h10-12,14-16H,7-9H2,1-6H3/t14-,15+,16-/m1/s1. The van der Waals surface area contributed by atoms with Crippen molar-refractivity contribution < 1.29 is 9.53 Å². The maximum Gasteiger partial charge on any atom is 0.416 e. The van der Waals surface area contributed by atoms with Crippen molar-refractivity contribution in [3.05, 3.63) is 23.9 Å². The van der Waals surface area contributed by atoms with Gasteiger partial charge in [-0.05, 0) is 63.6 Å². The smallest absolute Gasteiger partial charge is 0.416 e. The second-order valence-electron chi connectivity index (χ2n) is 7.88. The monoisotopic (exact) mass is 318 g/mol. The van der Waals surface area contributed by atoms with E-state index in [1.54, 1.807) is 11.1 Å². The molecular weight excluding hydrogens is 288 g/mol. The lowest BCUT2D eigenvalue weighted by Crippen LogP contribution is -2.49. The average Bonchev–Trinajstić information content (AvgIpc) is 2.42. The van der Waals surface area contributed by atoms with Crippen LogP contribution in [0, 0.1) is 18.8 Å². The SMILES string of the molecule is Cc1ccnc(N(C(=O)OC(C)(C)C)[C@@H]2CCC[C@@H](C)[C@@H]2C)c1. The molecule has 4 heteroatoms. The Morgan fingerprint density at radius 2 is 2.00 bits per heavy atom. The highest BCUT2D eigenvalue weighted by atomic mass is 16.6. The van der Waals surface area contributed by atoms with Gasteiger partial charge in [0.2, 0.25) is 0 Å². The largest absolute Gasteiger partial charge is 0.443 e. The third kappa shape index (κ3) is 4.46. The van der Waals surface area contributed by atoms with E-state index in [1.807, 2.05) is 39.8 Å². The van der Waals surface area contributed by atoms with Gasteiger partial charge in [-0.1, -0.05) is 26.7 Å². The number of ether oxygens (including phenoxy) is 1. The van der Waals surface area contributed by atoms with Gasteiger partial charge in [-0.3, -0.25) is 4.90 Å². The Bertz CT molecular complexity index is 551. The summed E-state index contributed by atoms with van der Waals surface area (Å²) in [7, 11) is 0. The lowest BCUT2D eigenvalue weighted by atomic mass is 9.77. The minimum atomic E-state index is -0.511. The highest BCUT2D eigenvalue weighted by Crippen LogP contribution is 2.35. The van der Waals surface area contributed by atoms with E-state index in [2.05, 4.69) is 18.8 Å². The molecule has 1 aromatic heterocycles. The summed E-state index contributed by atoms with van der Waals surface area (Å²) >= 11 is 0. The topological polar surface area (TPSA) is 42.4 Å². The molecular formula is C19H30N2O2. The van der Waals surface area contributed by atoms with Crippen molar-refractivity contribution in [2.45, 2.75) is 72.4 Å². The third-order valence-electron chi connectivity index (χ3n) is 4.73. The first-order valence-corrected chi connectivity index (χ1v) is 8.64. The molecule has 1 heterocycles. The van der Waals surface area contributed by atoms with Gasteiger partial charge in [0.1, 0.15) is 11.4 Å². The van der Waals surface area contributed by atoms with Crippen LogP contribution in [0.4, 0.5) is 10.6 Å². The van der Waals surface area contributed by atoms with E-state index in [0.29, 0.717) is 17.7 Å². The number of hydrogen-bond donors (Lipinski definition) is 0. The van der Waals surface area contributed by atoms with E-state index in [4.69, 9.17) is 4.74 Å². The van der Waals surface area contributed by atoms with E-state index in [-0.39, 0.29) is 12.1 Å². The molecule has 1 aromatic rings. The molecule has 0 unspecified atom stereocenters. The van der Waals surface area contributed by atoms with Crippen LogP contribution in [-0.4, -0.2) is 22.7 Å². The van der Waals surface area contributed by atoms with Gasteiger partial charge < -0.3 is 4.74 Å². The van der Waals surface area contributed by atoms with Crippen molar-refractivity contribution in [1.82, 2.24) is 4.98 Å². The molecule has 2 rings (SSSR count). The van der Waals surface area contributed by atoms with Crippen molar-refractivity contribution in [2.24, 2.45) is 11.8 Å². The van der Waals surface area contributed by atoms with Crippen LogP contribution in [0.3, 0.4) is 0 Å². The van der Waals surface area contributed by atoms with Gasteiger partial charge in [0.25, 0.3) is 0 Å². The summed E-state index contributed by atoms with van der Waals surface area (Å²) in [6, 6.07) is 4.06. The predicted molar refractivity (Wildman–Crippen MR) is 93.7 cm³/mol. The summed E-state index contributed by atoms with van der Waals surface area (Å²) < 4.78 is 5.68. The van der Waals surface area contributed by atoms with E-state index < -0.39 is 5.60 Å². The molecule has 3 atom stereocenters. The van der Waals surface area contributed by atoms with Gasteiger partial charge in [0, 0.05) is 12.2 Å². The zero-order valence-corrected chi connectivity index (χ0v) is 15.3. The molecule has 0 spiro atoms. The number of carbonyl (C=O) groups excluding carboxylic acids is 1. The molecule has 0 saturated heterocycles. The summed E-state index contributed by atoms with van der Waals surface area (Å²) in [5, 5.41) is 0. The van der Waals surface area contributed by atoms with Crippen molar-refractivity contribution in [3.8, 4) is 0 Å². The average molecular weight is 318 g/mol. The molecule has 1 aliphatic rings. The Kier molecular flexibility index (Phi) is 5.33. The van der Waals surface area contributed by atoms with Crippen LogP contribution < -0.4 is 4.90 Å². The summed E-state index contributed by atoms with van der Waals surface area (Å²) in [5.41, 5.74) is 0.586. The van der Waals surface area contributed by atoms with Crippen LogP contribution in [0.15, 0.2) is 18.3 Å². The van der Waals surface area contributed by atoms with Gasteiger partial charge in [-0.25, -0.2) is 9.78 Å². The van der Waals surface area contributed by atoms with E-state index in [0.717, 1.165) is 18.4 Å². The van der Waals surface area contributed by atoms with Gasteiger partial charge >= 0.3 is 6.09 Å². The zero-order valence-electron chi connectivity index (χ0n) is 15.3. The molecule has 0 aromatic carbocycles. The Morgan fingerprint density at radius 3 is 2.61 bits per heavy atom. The molecule has 0 N–H and O–H groups in total. The molecule has 23 heavy (non-hydrogen) atoms. The fourth-order valence-corrected chi connectivity index (χ4v) is 3.28. The lowest BCUT2D eigenvalue weighted by Gasteiger charge is -2.41. The highest BCUT2D eigenvalue weighted by Gasteiger charge is 2.37. The molecule has 1 aliphatic carbocycles. The quantitative estimate of drug-likeness (QED) is 0.774. The third-order valence-corrected chi connectivity index (χ3v) is 4.73. The number of carbonyl (C=O) groups is 1. The van der Waals surface area contributed by atoms with Gasteiger partial charge in [0.05, 0.1) is 0 Å². The molecule has 1 fully saturated rings. The summed E-state index contributed by atoms with van der Waals surface area (Å²) in [6.07, 6.45) is 4.84. The lowest BCUT2D eigenvalue weighted by molar-refractivity contribution is 0.0532. The van der Waals surface area contributed by atoms with Crippen LogP contribution in [0.1, 0.15) is 59.4 Å². The minimum absolute atomic E-state index is 0.142. The van der Waals surface area contributed by atoms with Crippen LogP contribution in [0.25, 0.3) is 0 Å². The molecule has 128 valence electrons. The van der Waals surface area contributed by atoms with Crippen molar-refractivity contribution in [3.63, 3.8) is 0 Å². The van der Waals surface area contributed by atoms with E-state index in [9.17, 15) is 4.79 Å². The van der Waals surface area contributed by atoms with Gasteiger partial charge in [-0.2, -0.15) is 0 Å². The maximum atomic E-state index is 12.9. The summed E-state index contributed by atoms with van der Waals surface area (Å²) in [4.78, 5) is 19.1. The van der Waals surface area contributed by atoms with Crippen LogP contribution in [-0.2, 0) is 4.74 Å². The molecule has 1 amide bonds. The number of aryl methyl sites for hydroxylation is 1. The highest BCUT2D eigenvalue weighted by molar-refractivity contribution is 5.87. The van der Waals surface area contributed by atoms with Crippen molar-refractivity contribution in [1.29, 1.82) is 0 Å². The molecule has 4 nitrogen and oxygen atoms in total. The van der Waals surface area contributed by atoms with Gasteiger partial charge in [-0.15, -0.1) is 0 Å². The number of aromatic nitrogens is 1. The van der Waals surface area contributed by atoms with Crippen LogP contribution in [0.2, 0.25) is 0 Å². The summed E-state index contributed by atoms with van der Waals surface area (Å²) in [6.45, 7) is 12.2. The number of anilines is 1. The van der Waals surface area contributed by atoms with Crippen molar-refractivity contribution in [2.75, 3.05) is 4.90 Å². The number of hydrogen-bond acceptors (Lipinski definition) is 3. The number of rotatable bonds is 2. The predicted octanol–water partition coefficient (Wildman–Crippen LogP) is 4.96. The van der Waals surface area contributed by atoms with E-state index in [1.165, 1.54) is 6.42 Å². The number of amides is 1. The summed E-state index contributed by atoms with van der Waals surface area (Å²) in [5.74, 6) is 1.73. The normalized spacial score (nSPS) is 25.0. The minimum Gasteiger partial charge on any atom is -0.443 e. The molecule has 0 radical (unpaired) electrons. The molecule has 0 aliphatic heterocycles. The molecule has 0 bridgehead atoms.